The molecule has 0 saturated heterocycles. The minimum atomic E-state index is -1.22. The van der Waals surface area contributed by atoms with E-state index >= 15 is 0 Å². The van der Waals surface area contributed by atoms with Gasteiger partial charge in [0.15, 0.2) is 0 Å². The van der Waals surface area contributed by atoms with Crippen molar-refractivity contribution in [3.8, 4) is 0 Å². The fraction of sp³-hybridized carbons (Fsp3) is 0. The normalized spacial score (nSPS) is 9.33. The Morgan fingerprint density at radius 3 is 2.75 bits per heavy atom. The molecule has 0 fully saturated rings. The van der Waals surface area contributed by atoms with Crippen LogP contribution >= 0.6 is 0 Å². The van der Waals surface area contributed by atoms with Crippen LogP contribution in [0, 0.1) is 16.2 Å². The van der Waals surface area contributed by atoms with Crippen LogP contribution in [0.5, 0.6) is 0 Å². The van der Waals surface area contributed by atoms with Gasteiger partial charge in [0, 0.05) is 6.07 Å². The lowest BCUT2D eigenvalue weighted by molar-refractivity contribution is -0.385. The number of nitrogens with zero attached hydrogens (tertiary/aromatic N) is 1. The van der Waals surface area contributed by atoms with E-state index in [1.807, 2.05) is 0 Å². The minimum absolute atomic E-state index is 0.204. The molecule has 1 radical (unpaired) electrons. The number of nitro groups is 1. The van der Waals surface area contributed by atoms with E-state index in [4.69, 9.17) is 5.11 Å². The third kappa shape index (κ3) is 1.57. The second kappa shape index (κ2) is 3.00. The number of benzene rings is 1. The minimum Gasteiger partial charge on any atom is -0.478 e. The third-order valence-corrected chi connectivity index (χ3v) is 1.21. The third-order valence-electron chi connectivity index (χ3n) is 1.21. The van der Waals surface area contributed by atoms with Crippen molar-refractivity contribution in [2.75, 3.05) is 0 Å². The van der Waals surface area contributed by atoms with Crippen molar-refractivity contribution >= 4 is 11.7 Å². The maximum Gasteiger partial charge on any atom is 0.336 e. The fourth-order valence-corrected chi connectivity index (χ4v) is 0.688. The number of rotatable bonds is 2. The van der Waals surface area contributed by atoms with Crippen molar-refractivity contribution < 1.29 is 14.8 Å². The van der Waals surface area contributed by atoms with Gasteiger partial charge in [0.2, 0.25) is 0 Å². The summed E-state index contributed by atoms with van der Waals surface area (Å²) in [7, 11) is 0. The molecular weight excluding hydrogens is 162 g/mol. The molecule has 12 heavy (non-hydrogen) atoms. The molecule has 1 N–H and O–H groups in total. The molecule has 61 valence electrons. The molecule has 0 amide bonds. The summed E-state index contributed by atoms with van der Waals surface area (Å²) in [5.74, 6) is -1.22. The Morgan fingerprint density at radius 2 is 2.25 bits per heavy atom. The highest BCUT2D eigenvalue weighted by atomic mass is 16.6. The van der Waals surface area contributed by atoms with Crippen molar-refractivity contribution in [2.45, 2.75) is 0 Å². The van der Waals surface area contributed by atoms with Gasteiger partial charge in [-0.2, -0.15) is 0 Å². The van der Waals surface area contributed by atoms with Crippen LogP contribution in [0.25, 0.3) is 0 Å². The number of carboxylic acids is 1. The topological polar surface area (TPSA) is 80.4 Å². The second-order valence-corrected chi connectivity index (χ2v) is 2.01. The zero-order valence-electron chi connectivity index (χ0n) is 5.85. The van der Waals surface area contributed by atoms with Gasteiger partial charge < -0.3 is 5.11 Å². The lowest BCUT2D eigenvalue weighted by Gasteiger charge is -1.92. The van der Waals surface area contributed by atoms with Crippen LogP contribution in [0.2, 0.25) is 0 Å². The van der Waals surface area contributed by atoms with E-state index < -0.39 is 10.9 Å². The van der Waals surface area contributed by atoms with Crippen LogP contribution in [0.3, 0.4) is 0 Å². The highest BCUT2D eigenvalue weighted by Crippen LogP contribution is 2.11. The number of non-ortho nitro benzene ring substituents is 1. The molecule has 0 aliphatic rings. The van der Waals surface area contributed by atoms with Crippen molar-refractivity contribution in [1.29, 1.82) is 0 Å². The molecule has 5 heteroatoms. The van der Waals surface area contributed by atoms with E-state index in [9.17, 15) is 14.9 Å². The van der Waals surface area contributed by atoms with Gasteiger partial charge in [-0.25, -0.2) is 4.79 Å². The zero-order valence-corrected chi connectivity index (χ0v) is 5.85. The summed E-state index contributed by atoms with van der Waals surface area (Å²) in [4.78, 5) is 19.8. The molecule has 0 unspecified atom stereocenters. The standard InChI is InChI=1S/C7H4NO4/c9-7(10)5-2-1-3-6(4-5)8(11)12/h1-3H,(H,9,10). The molecule has 0 atom stereocenters. The number of hydrogen-bond acceptors (Lipinski definition) is 3. The van der Waals surface area contributed by atoms with Gasteiger partial charge in [0.1, 0.15) is 0 Å². The number of aromatic carboxylic acids is 1. The highest BCUT2D eigenvalue weighted by Gasteiger charge is 2.09. The molecule has 0 saturated carbocycles. The van der Waals surface area contributed by atoms with E-state index in [2.05, 4.69) is 6.07 Å². The Balaban J connectivity index is 3.12. The molecular formula is C7H4NO4. The van der Waals surface area contributed by atoms with Gasteiger partial charge in [0.05, 0.1) is 16.6 Å². The first-order valence-electron chi connectivity index (χ1n) is 3.01. The van der Waals surface area contributed by atoms with Gasteiger partial charge in [-0.05, 0) is 6.07 Å². The fourth-order valence-electron chi connectivity index (χ4n) is 0.688. The van der Waals surface area contributed by atoms with Gasteiger partial charge >= 0.3 is 5.97 Å². The Hall–Kier alpha value is -1.91. The quantitative estimate of drug-likeness (QED) is 0.526. The Morgan fingerprint density at radius 1 is 1.58 bits per heavy atom. The molecule has 1 aromatic carbocycles. The summed E-state index contributed by atoms with van der Waals surface area (Å²) in [5.41, 5.74) is -0.542. The van der Waals surface area contributed by atoms with Crippen molar-refractivity contribution in [3.05, 3.63) is 39.9 Å². The Bertz CT molecular complexity index is 305. The first-order valence-corrected chi connectivity index (χ1v) is 3.01. The summed E-state index contributed by atoms with van der Waals surface area (Å²) in [6.07, 6.45) is 0. The van der Waals surface area contributed by atoms with Crippen molar-refractivity contribution in [3.63, 3.8) is 0 Å². The predicted molar refractivity (Wildman–Crippen MR) is 38.9 cm³/mol. The van der Waals surface area contributed by atoms with Crippen LogP contribution in [0.1, 0.15) is 10.4 Å². The lowest BCUT2D eigenvalue weighted by Crippen LogP contribution is -1.97. The van der Waals surface area contributed by atoms with E-state index in [1.165, 1.54) is 18.2 Å². The van der Waals surface area contributed by atoms with Crippen LogP contribution in [-0.2, 0) is 0 Å². The SMILES string of the molecule is O=C(O)c1[c]c([N+](=O)[O-])ccc1. The van der Waals surface area contributed by atoms with E-state index in [0.29, 0.717) is 0 Å². The monoisotopic (exact) mass is 166 g/mol. The highest BCUT2D eigenvalue weighted by molar-refractivity contribution is 5.87. The summed E-state index contributed by atoms with van der Waals surface area (Å²) in [6, 6.07) is 5.88. The summed E-state index contributed by atoms with van der Waals surface area (Å²) in [5, 5.41) is 18.6. The van der Waals surface area contributed by atoms with Crippen LogP contribution < -0.4 is 0 Å². The molecule has 0 spiro atoms. The summed E-state index contributed by atoms with van der Waals surface area (Å²) < 4.78 is 0. The lowest BCUT2D eigenvalue weighted by atomic mass is 10.2. The van der Waals surface area contributed by atoms with Crippen LogP contribution in [0.15, 0.2) is 18.2 Å². The Labute approximate surface area is 67.4 Å². The molecule has 0 aromatic heterocycles. The molecule has 1 rings (SSSR count). The molecule has 0 aliphatic carbocycles. The van der Waals surface area contributed by atoms with E-state index in [0.717, 1.165) is 0 Å². The van der Waals surface area contributed by atoms with E-state index in [-0.39, 0.29) is 11.3 Å². The number of carboxylic acid groups (broad SMARTS) is 1. The van der Waals surface area contributed by atoms with Crippen LogP contribution in [-0.4, -0.2) is 16.0 Å². The first-order chi connectivity index (χ1) is 5.61. The summed E-state index contributed by atoms with van der Waals surface area (Å²) >= 11 is 0. The van der Waals surface area contributed by atoms with Crippen molar-refractivity contribution in [2.24, 2.45) is 0 Å². The maximum atomic E-state index is 10.3. The second-order valence-electron chi connectivity index (χ2n) is 2.01. The average molecular weight is 166 g/mol. The van der Waals surface area contributed by atoms with Crippen LogP contribution in [0.4, 0.5) is 5.69 Å². The predicted octanol–water partition coefficient (Wildman–Crippen LogP) is 1.09. The van der Waals surface area contributed by atoms with Gasteiger partial charge in [-0.3, -0.25) is 10.1 Å². The Kier molecular flexibility index (Phi) is 2.05. The summed E-state index contributed by atoms with van der Waals surface area (Å²) in [6.45, 7) is 0. The first kappa shape index (κ1) is 8.19. The maximum absolute atomic E-state index is 10.3. The van der Waals surface area contributed by atoms with Gasteiger partial charge in [0.25, 0.3) is 5.69 Å². The molecule has 5 nitrogen and oxygen atoms in total. The molecule has 0 bridgehead atoms. The number of carbonyl (C=O) groups is 1. The smallest absolute Gasteiger partial charge is 0.336 e. The average Bonchev–Trinajstić information content (AvgIpc) is 2.04. The molecule has 0 aliphatic heterocycles. The van der Waals surface area contributed by atoms with Gasteiger partial charge in [-0.1, -0.05) is 6.07 Å². The molecule has 0 heterocycles. The molecule has 1 aromatic rings. The zero-order chi connectivity index (χ0) is 9.14. The van der Waals surface area contributed by atoms with Crippen molar-refractivity contribution in [1.82, 2.24) is 0 Å². The van der Waals surface area contributed by atoms with Gasteiger partial charge in [-0.15, -0.1) is 0 Å². The number of nitro benzene ring substituents is 1. The van der Waals surface area contributed by atoms with E-state index in [1.54, 1.807) is 0 Å². The largest absolute Gasteiger partial charge is 0.478 e. The number of hydrogen-bond donors (Lipinski definition) is 1.